The molecule has 0 amide bonds. The van der Waals surface area contributed by atoms with Crippen molar-refractivity contribution in [2.45, 2.75) is 71.2 Å². The number of ether oxygens (including phenoxy) is 4. The number of methoxy groups -OCH3 is 2. The Morgan fingerprint density at radius 1 is 0.745 bits per heavy atom. The molecule has 2 saturated heterocycles. The van der Waals surface area contributed by atoms with Crippen LogP contribution >= 0.6 is 0 Å². The molecule has 3 atom stereocenters. The van der Waals surface area contributed by atoms with E-state index in [4.69, 9.17) is 18.9 Å². The Kier molecular flexibility index (Phi) is 11.4. The zero-order valence-corrected chi connectivity index (χ0v) is 29.5. The van der Waals surface area contributed by atoms with Gasteiger partial charge in [-0.25, -0.2) is 0 Å². The van der Waals surface area contributed by atoms with E-state index in [0.29, 0.717) is 48.8 Å². The standard InChI is InChI=1S/C39H46N4O8/c1-24-28(22-50-35-13-11-26(37(40-35)48-3)18-42-16-15-30(44)20-42)7-5-9-32(24)33-10-6-8-29(25(33)2)23-51-36-14-12-27(38(41-36)49-4)19-43-21-31(45)17-34(43)39(46)47/h5-14,30-31,34,44-45H,15-23H2,1-4H3,(H,46,47)/t30-,31-,34-/m0/s1. The van der Waals surface area contributed by atoms with E-state index in [9.17, 15) is 20.1 Å². The molecule has 51 heavy (non-hydrogen) atoms. The molecule has 4 heterocycles. The number of aliphatic carboxylic acids is 1. The number of nitrogens with zero attached hydrogens (tertiary/aromatic N) is 4. The van der Waals surface area contributed by atoms with Crippen LogP contribution in [0.3, 0.4) is 0 Å². The first-order valence-corrected chi connectivity index (χ1v) is 17.2. The number of hydrogen-bond acceptors (Lipinski definition) is 11. The molecule has 2 aliphatic rings. The third-order valence-corrected chi connectivity index (χ3v) is 9.83. The second kappa shape index (κ2) is 16.1. The van der Waals surface area contributed by atoms with Gasteiger partial charge in [-0.05, 0) is 65.8 Å². The van der Waals surface area contributed by atoms with E-state index < -0.39 is 18.1 Å². The van der Waals surface area contributed by atoms with E-state index >= 15 is 0 Å². The largest absolute Gasteiger partial charge is 0.481 e. The van der Waals surface area contributed by atoms with Gasteiger partial charge < -0.3 is 34.3 Å². The zero-order chi connectivity index (χ0) is 36.1. The Hall–Kier alpha value is -4.75. The minimum atomic E-state index is -0.956. The minimum absolute atomic E-state index is 0.191. The van der Waals surface area contributed by atoms with Gasteiger partial charge in [-0.1, -0.05) is 36.4 Å². The summed E-state index contributed by atoms with van der Waals surface area (Å²) in [6.07, 6.45) is 0.00901. The lowest BCUT2D eigenvalue weighted by Crippen LogP contribution is -2.35. The second-order valence-electron chi connectivity index (χ2n) is 13.2. The van der Waals surface area contributed by atoms with Crippen molar-refractivity contribution in [3.63, 3.8) is 0 Å². The maximum atomic E-state index is 11.7. The lowest BCUT2D eigenvalue weighted by molar-refractivity contribution is -0.142. The van der Waals surface area contributed by atoms with Gasteiger partial charge in [-0.2, -0.15) is 9.97 Å². The zero-order valence-electron chi connectivity index (χ0n) is 29.5. The van der Waals surface area contributed by atoms with Crippen molar-refractivity contribution in [2.24, 2.45) is 0 Å². The smallest absolute Gasteiger partial charge is 0.321 e. The Balaban J connectivity index is 1.11. The number of carbonyl (C=O) groups is 1. The molecule has 0 saturated carbocycles. The van der Waals surface area contributed by atoms with Gasteiger partial charge in [0.1, 0.15) is 19.3 Å². The predicted molar refractivity (Wildman–Crippen MR) is 190 cm³/mol. The van der Waals surface area contributed by atoms with E-state index in [2.05, 4.69) is 46.9 Å². The van der Waals surface area contributed by atoms with Crippen molar-refractivity contribution < 1.29 is 39.1 Å². The lowest BCUT2D eigenvalue weighted by atomic mass is 9.92. The van der Waals surface area contributed by atoms with Crippen molar-refractivity contribution in [1.82, 2.24) is 19.8 Å². The quantitative estimate of drug-likeness (QED) is 0.170. The fourth-order valence-corrected chi connectivity index (χ4v) is 6.95. The third kappa shape index (κ3) is 8.42. The topological polar surface area (TPSA) is 147 Å². The van der Waals surface area contributed by atoms with E-state index in [0.717, 1.165) is 51.9 Å². The molecular weight excluding hydrogens is 652 g/mol. The average molecular weight is 699 g/mol. The van der Waals surface area contributed by atoms with Crippen LogP contribution in [0, 0.1) is 13.8 Å². The molecule has 6 rings (SSSR count). The van der Waals surface area contributed by atoms with Crippen LogP contribution in [0.15, 0.2) is 60.7 Å². The maximum absolute atomic E-state index is 11.7. The van der Waals surface area contributed by atoms with Crippen molar-refractivity contribution in [1.29, 1.82) is 0 Å². The summed E-state index contributed by atoms with van der Waals surface area (Å²) in [6, 6.07) is 19.0. The summed E-state index contributed by atoms with van der Waals surface area (Å²) in [6.45, 7) is 7.53. The summed E-state index contributed by atoms with van der Waals surface area (Å²) in [5.41, 5.74) is 8.10. The molecule has 0 unspecified atom stereocenters. The summed E-state index contributed by atoms with van der Waals surface area (Å²) in [7, 11) is 3.13. The van der Waals surface area contributed by atoms with Gasteiger partial charge >= 0.3 is 5.97 Å². The first-order chi connectivity index (χ1) is 24.6. The number of hydrogen-bond donors (Lipinski definition) is 3. The number of carboxylic acids is 1. The van der Waals surface area contributed by atoms with E-state index in [1.807, 2.05) is 36.4 Å². The van der Waals surface area contributed by atoms with E-state index in [-0.39, 0.29) is 32.2 Å². The SMILES string of the molecule is COc1nc(OCc2cccc(-c3cccc(COc4ccc(CN5C[C@@H](O)C[C@H]5C(=O)O)c(OC)n4)c3C)c2C)ccc1CN1CC[C@H](O)C1. The number of aliphatic hydroxyl groups is 2. The summed E-state index contributed by atoms with van der Waals surface area (Å²) in [5, 5.41) is 29.5. The van der Waals surface area contributed by atoms with Gasteiger partial charge in [0.25, 0.3) is 0 Å². The van der Waals surface area contributed by atoms with Crippen LogP contribution in [0.4, 0.5) is 0 Å². The van der Waals surface area contributed by atoms with E-state index in [1.165, 1.54) is 7.11 Å². The molecule has 2 aromatic carbocycles. The molecule has 270 valence electrons. The summed E-state index contributed by atoms with van der Waals surface area (Å²) < 4.78 is 23.4. The number of carboxylic acid groups (broad SMARTS) is 1. The van der Waals surface area contributed by atoms with Crippen LogP contribution < -0.4 is 18.9 Å². The van der Waals surface area contributed by atoms with Gasteiger partial charge in [0.05, 0.1) is 26.4 Å². The summed E-state index contributed by atoms with van der Waals surface area (Å²) >= 11 is 0. The van der Waals surface area contributed by atoms with Gasteiger partial charge in [0.15, 0.2) is 0 Å². The highest BCUT2D eigenvalue weighted by Gasteiger charge is 2.36. The second-order valence-corrected chi connectivity index (χ2v) is 13.2. The highest BCUT2D eigenvalue weighted by atomic mass is 16.5. The molecule has 4 aromatic rings. The van der Waals surface area contributed by atoms with Crippen LogP contribution in [0.2, 0.25) is 0 Å². The molecule has 12 nitrogen and oxygen atoms in total. The molecular formula is C39H46N4O8. The van der Waals surface area contributed by atoms with Crippen LogP contribution in [0.1, 0.15) is 46.2 Å². The van der Waals surface area contributed by atoms with Crippen LogP contribution in [0.5, 0.6) is 23.5 Å². The van der Waals surface area contributed by atoms with Crippen molar-refractivity contribution >= 4 is 5.97 Å². The van der Waals surface area contributed by atoms with Crippen molar-refractivity contribution in [3.8, 4) is 34.6 Å². The highest BCUT2D eigenvalue weighted by Crippen LogP contribution is 2.32. The molecule has 0 radical (unpaired) electrons. The molecule has 0 aliphatic carbocycles. The molecule has 2 aromatic heterocycles. The monoisotopic (exact) mass is 698 g/mol. The van der Waals surface area contributed by atoms with Gasteiger partial charge in [0.2, 0.25) is 23.5 Å². The predicted octanol–water partition coefficient (Wildman–Crippen LogP) is 4.52. The van der Waals surface area contributed by atoms with E-state index in [1.54, 1.807) is 18.1 Å². The molecule has 3 N–H and O–H groups in total. The number of aliphatic hydroxyl groups excluding tert-OH is 2. The van der Waals surface area contributed by atoms with Gasteiger partial charge in [0, 0.05) is 62.4 Å². The molecule has 12 heteroatoms. The fourth-order valence-electron chi connectivity index (χ4n) is 6.95. The van der Waals surface area contributed by atoms with Gasteiger partial charge in [-0.3, -0.25) is 14.6 Å². The molecule has 0 bridgehead atoms. The highest BCUT2D eigenvalue weighted by molar-refractivity contribution is 5.74. The number of aromatic nitrogens is 2. The summed E-state index contributed by atoms with van der Waals surface area (Å²) in [4.78, 5) is 24.7. The number of benzene rings is 2. The Bertz CT molecular complexity index is 1850. The molecule has 2 aliphatic heterocycles. The lowest BCUT2D eigenvalue weighted by Gasteiger charge is -2.21. The summed E-state index contributed by atoms with van der Waals surface area (Å²) in [5.74, 6) is 0.790. The number of likely N-dealkylation sites (tertiary alicyclic amines) is 2. The first kappa shape index (κ1) is 36.1. The third-order valence-electron chi connectivity index (χ3n) is 9.83. The maximum Gasteiger partial charge on any atom is 0.321 e. The number of β-amino-alcohol motifs (C(OH)–C–C–N with tert-alkyl or cyclic N) is 2. The van der Waals surface area contributed by atoms with Crippen LogP contribution in [0.25, 0.3) is 11.1 Å². The fraction of sp³-hybridized carbons (Fsp3) is 0.410. The van der Waals surface area contributed by atoms with Crippen molar-refractivity contribution in [2.75, 3.05) is 33.9 Å². The Morgan fingerprint density at radius 2 is 1.29 bits per heavy atom. The molecule has 2 fully saturated rings. The first-order valence-electron chi connectivity index (χ1n) is 17.2. The minimum Gasteiger partial charge on any atom is -0.481 e. The number of rotatable bonds is 14. The Labute approximate surface area is 298 Å². The number of pyridine rings is 2. The van der Waals surface area contributed by atoms with Crippen molar-refractivity contribution in [3.05, 3.63) is 94.0 Å². The van der Waals surface area contributed by atoms with Crippen LogP contribution in [-0.4, -0.2) is 93.2 Å². The van der Waals surface area contributed by atoms with Gasteiger partial charge in [-0.15, -0.1) is 0 Å². The van der Waals surface area contributed by atoms with Crippen LogP contribution in [-0.2, 0) is 31.1 Å². The molecule has 0 spiro atoms. The normalized spacial score (nSPS) is 19.3. The average Bonchev–Trinajstić information content (AvgIpc) is 3.72. The Morgan fingerprint density at radius 3 is 1.78 bits per heavy atom.